The summed E-state index contributed by atoms with van der Waals surface area (Å²) in [6, 6.07) is 7.93. The summed E-state index contributed by atoms with van der Waals surface area (Å²) >= 11 is 0. The molecule has 1 aromatic rings. The molecule has 13 heavy (non-hydrogen) atoms. The largest absolute Gasteiger partial charge is 0.372 e. The van der Waals surface area contributed by atoms with Crippen molar-refractivity contribution in [3.63, 3.8) is 0 Å². The quantitative estimate of drug-likeness (QED) is 0.695. The van der Waals surface area contributed by atoms with Crippen molar-refractivity contribution in [3.05, 3.63) is 24.3 Å². The van der Waals surface area contributed by atoms with Crippen molar-refractivity contribution in [2.45, 2.75) is 13.8 Å². The number of anilines is 1. The lowest BCUT2D eigenvalue weighted by Crippen LogP contribution is -2.22. The average Bonchev–Trinajstić information content (AvgIpc) is 2.21. The number of hydrogen-bond acceptors (Lipinski definition) is 2. The maximum absolute atomic E-state index is 5.15. The van der Waals surface area contributed by atoms with Crippen molar-refractivity contribution in [2.75, 3.05) is 18.0 Å². The summed E-state index contributed by atoms with van der Waals surface area (Å²) in [6.45, 7) is 6.33. The number of nitrogens with zero attached hydrogens (tertiary/aromatic N) is 2. The second-order valence-electron chi connectivity index (χ2n) is 2.82. The fraction of sp³-hybridized carbons (Fsp3) is 0.400. The van der Waals surface area contributed by atoms with Crippen LogP contribution in [0.2, 0.25) is 0 Å². The number of nitrogens with two attached hydrogens (primary N) is 1. The SMILES string of the molecule is CCN(CC)c1ccc(N=[NH2+])cc1. The Kier molecular flexibility index (Phi) is 3.43. The van der Waals surface area contributed by atoms with Crippen LogP contribution in [0.1, 0.15) is 13.8 Å². The van der Waals surface area contributed by atoms with E-state index in [1.165, 1.54) is 5.69 Å². The molecule has 70 valence electrons. The molecule has 0 unspecified atom stereocenters. The highest BCUT2D eigenvalue weighted by atomic mass is 15.1. The van der Waals surface area contributed by atoms with Gasteiger partial charge >= 0.3 is 0 Å². The maximum atomic E-state index is 5.15. The van der Waals surface area contributed by atoms with Gasteiger partial charge in [-0.1, -0.05) is 0 Å². The van der Waals surface area contributed by atoms with E-state index in [1.807, 2.05) is 24.3 Å². The highest BCUT2D eigenvalue weighted by Gasteiger charge is 2.00. The van der Waals surface area contributed by atoms with E-state index in [4.69, 9.17) is 5.53 Å². The molecule has 0 saturated carbocycles. The third-order valence-corrected chi connectivity index (χ3v) is 2.13. The van der Waals surface area contributed by atoms with Gasteiger partial charge in [0.25, 0.3) is 0 Å². The molecule has 0 amide bonds. The zero-order valence-corrected chi connectivity index (χ0v) is 8.20. The third kappa shape index (κ3) is 2.28. The van der Waals surface area contributed by atoms with Crippen LogP contribution in [0.3, 0.4) is 0 Å². The third-order valence-electron chi connectivity index (χ3n) is 2.13. The average molecular weight is 178 g/mol. The van der Waals surface area contributed by atoms with Crippen LogP contribution in [-0.4, -0.2) is 13.1 Å². The Morgan fingerprint density at radius 2 is 1.69 bits per heavy atom. The van der Waals surface area contributed by atoms with Gasteiger partial charge in [-0.05, 0) is 43.2 Å². The first kappa shape index (κ1) is 9.71. The van der Waals surface area contributed by atoms with Crippen molar-refractivity contribution in [1.29, 1.82) is 0 Å². The molecule has 0 aliphatic heterocycles. The molecule has 0 radical (unpaired) electrons. The summed E-state index contributed by atoms with van der Waals surface area (Å²) in [4.78, 5) is 2.28. The molecule has 0 saturated heterocycles. The van der Waals surface area contributed by atoms with Gasteiger partial charge in [0.05, 0.1) is 0 Å². The molecule has 0 atom stereocenters. The van der Waals surface area contributed by atoms with Gasteiger partial charge in [-0.2, -0.15) is 5.53 Å². The Bertz CT molecular complexity index is 262. The van der Waals surface area contributed by atoms with Crippen LogP contribution >= 0.6 is 0 Å². The summed E-state index contributed by atoms with van der Waals surface area (Å²) in [6.07, 6.45) is 0. The van der Waals surface area contributed by atoms with Crippen molar-refractivity contribution in [1.82, 2.24) is 0 Å². The normalized spacial score (nSPS) is 9.69. The smallest absolute Gasteiger partial charge is 0.130 e. The van der Waals surface area contributed by atoms with Crippen molar-refractivity contribution in [3.8, 4) is 0 Å². The topological polar surface area (TPSA) is 41.2 Å². The first-order valence-electron chi connectivity index (χ1n) is 4.57. The second kappa shape index (κ2) is 4.60. The van der Waals surface area contributed by atoms with Crippen LogP contribution in [0.4, 0.5) is 11.4 Å². The Balaban J connectivity index is 2.83. The Hall–Kier alpha value is -1.38. The van der Waals surface area contributed by atoms with Gasteiger partial charge in [-0.25, -0.2) is 0 Å². The summed E-state index contributed by atoms with van der Waals surface area (Å²) in [5.74, 6) is 0. The zero-order chi connectivity index (χ0) is 9.68. The summed E-state index contributed by atoms with van der Waals surface area (Å²) < 4.78 is 0. The van der Waals surface area contributed by atoms with Gasteiger partial charge in [0.1, 0.15) is 5.69 Å². The molecular weight excluding hydrogens is 162 g/mol. The van der Waals surface area contributed by atoms with Gasteiger partial charge in [0.2, 0.25) is 0 Å². The van der Waals surface area contributed by atoms with E-state index >= 15 is 0 Å². The second-order valence-corrected chi connectivity index (χ2v) is 2.82. The Morgan fingerprint density at radius 1 is 1.15 bits per heavy atom. The van der Waals surface area contributed by atoms with Crippen LogP contribution < -0.4 is 10.4 Å². The molecule has 3 heteroatoms. The minimum absolute atomic E-state index is 0.816. The van der Waals surface area contributed by atoms with Crippen molar-refractivity contribution >= 4 is 11.4 Å². The number of benzene rings is 1. The fourth-order valence-corrected chi connectivity index (χ4v) is 1.34. The van der Waals surface area contributed by atoms with Gasteiger partial charge in [0, 0.05) is 18.8 Å². The van der Waals surface area contributed by atoms with Crippen LogP contribution in [0.15, 0.2) is 29.4 Å². The molecule has 3 nitrogen and oxygen atoms in total. The van der Waals surface area contributed by atoms with E-state index in [9.17, 15) is 0 Å². The lowest BCUT2D eigenvalue weighted by molar-refractivity contribution is -0.210. The van der Waals surface area contributed by atoms with Crippen molar-refractivity contribution in [2.24, 2.45) is 5.11 Å². The molecular formula is C10H16N3+. The predicted molar refractivity (Wildman–Crippen MR) is 54.0 cm³/mol. The maximum Gasteiger partial charge on any atom is 0.130 e. The summed E-state index contributed by atoms with van der Waals surface area (Å²) in [5, 5.41) is 3.60. The molecule has 0 fully saturated rings. The van der Waals surface area contributed by atoms with Gasteiger partial charge in [0.15, 0.2) is 0 Å². The first-order valence-corrected chi connectivity index (χ1v) is 4.57. The minimum Gasteiger partial charge on any atom is -0.372 e. The lowest BCUT2D eigenvalue weighted by atomic mass is 10.2. The van der Waals surface area contributed by atoms with Crippen LogP contribution in [0.5, 0.6) is 0 Å². The first-order chi connectivity index (χ1) is 6.31. The zero-order valence-electron chi connectivity index (χ0n) is 8.20. The van der Waals surface area contributed by atoms with Crippen LogP contribution in [-0.2, 0) is 0 Å². The van der Waals surface area contributed by atoms with Crippen LogP contribution in [0.25, 0.3) is 0 Å². The molecule has 0 heterocycles. The highest BCUT2D eigenvalue weighted by molar-refractivity contribution is 5.52. The van der Waals surface area contributed by atoms with E-state index in [0.29, 0.717) is 0 Å². The summed E-state index contributed by atoms with van der Waals surface area (Å²) in [7, 11) is 0. The molecule has 0 aromatic heterocycles. The Morgan fingerprint density at radius 3 is 2.08 bits per heavy atom. The van der Waals surface area contributed by atoms with Gasteiger partial charge in [-0.15, -0.1) is 0 Å². The van der Waals surface area contributed by atoms with Gasteiger partial charge in [-0.3, -0.25) is 0 Å². The molecule has 1 rings (SSSR count). The van der Waals surface area contributed by atoms with E-state index in [0.717, 1.165) is 18.8 Å². The molecule has 0 aliphatic rings. The van der Waals surface area contributed by atoms with Crippen molar-refractivity contribution < 1.29 is 5.53 Å². The van der Waals surface area contributed by atoms with Crippen LogP contribution in [0, 0.1) is 0 Å². The van der Waals surface area contributed by atoms with E-state index < -0.39 is 0 Å². The minimum atomic E-state index is 0.816. The number of rotatable bonds is 4. The molecule has 1 aromatic carbocycles. The summed E-state index contributed by atoms with van der Waals surface area (Å²) in [5.41, 5.74) is 7.19. The predicted octanol–water partition coefficient (Wildman–Crippen LogP) is 1.38. The van der Waals surface area contributed by atoms with E-state index in [2.05, 4.69) is 23.9 Å². The number of hydrogen-bond donors (Lipinski definition) is 1. The van der Waals surface area contributed by atoms with E-state index in [1.54, 1.807) is 0 Å². The molecule has 2 N–H and O–H groups in total. The highest BCUT2D eigenvalue weighted by Crippen LogP contribution is 2.18. The standard InChI is InChI=1S/C10H15N3/c1-3-13(4-2)10-7-5-9(12-11)6-8-10/h5-8,11H,3-4H2,1-2H3/p+1. The molecule has 0 aliphatic carbocycles. The fourth-order valence-electron chi connectivity index (χ4n) is 1.34. The molecule has 0 spiro atoms. The Labute approximate surface area is 78.9 Å². The molecule has 0 bridgehead atoms. The van der Waals surface area contributed by atoms with Gasteiger partial charge < -0.3 is 4.90 Å². The lowest BCUT2D eigenvalue weighted by Gasteiger charge is -2.20. The monoisotopic (exact) mass is 178 g/mol. The van der Waals surface area contributed by atoms with E-state index in [-0.39, 0.29) is 0 Å².